The van der Waals surface area contributed by atoms with E-state index in [0.717, 1.165) is 16.5 Å². The Morgan fingerprint density at radius 2 is 1.90 bits per heavy atom. The Hall–Kier alpha value is -4.00. The van der Waals surface area contributed by atoms with Crippen molar-refractivity contribution in [3.63, 3.8) is 0 Å². The number of benzene rings is 2. The number of nitrogens with two attached hydrogens (primary N) is 1. The Kier molecular flexibility index (Phi) is 5.26. The first-order valence-corrected chi connectivity index (χ1v) is 9.56. The Bertz CT molecular complexity index is 1210. The van der Waals surface area contributed by atoms with Crippen LogP contribution in [-0.4, -0.2) is 27.0 Å². The average Bonchev–Trinajstić information content (AvgIpc) is 2.74. The van der Waals surface area contributed by atoms with Crippen molar-refractivity contribution in [2.75, 3.05) is 5.32 Å². The van der Waals surface area contributed by atoms with Gasteiger partial charge in [0.1, 0.15) is 11.6 Å². The van der Waals surface area contributed by atoms with Gasteiger partial charge >= 0.3 is 0 Å². The molecule has 7 heteroatoms. The molecule has 150 valence electrons. The summed E-state index contributed by atoms with van der Waals surface area (Å²) in [4.78, 5) is 25.4. The van der Waals surface area contributed by atoms with E-state index in [1.54, 1.807) is 30.6 Å². The predicted octanol–water partition coefficient (Wildman–Crippen LogP) is 4.32. The van der Waals surface area contributed by atoms with E-state index in [1.165, 1.54) is 0 Å². The molecule has 0 aliphatic rings. The number of aromatic nitrogens is 3. The summed E-state index contributed by atoms with van der Waals surface area (Å²) in [6.07, 6.45) is 3.44. The van der Waals surface area contributed by atoms with Crippen molar-refractivity contribution in [2.45, 2.75) is 20.0 Å². The molecular weight excluding hydrogens is 378 g/mol. The number of rotatable bonds is 6. The van der Waals surface area contributed by atoms with Crippen LogP contribution in [0.2, 0.25) is 0 Å². The van der Waals surface area contributed by atoms with Gasteiger partial charge in [-0.15, -0.1) is 0 Å². The number of hydrogen-bond donors (Lipinski definition) is 2. The summed E-state index contributed by atoms with van der Waals surface area (Å²) in [5.74, 6) is 1.25. The molecule has 0 saturated heterocycles. The summed E-state index contributed by atoms with van der Waals surface area (Å²) in [6, 6.07) is 16.4. The molecule has 0 radical (unpaired) electrons. The third kappa shape index (κ3) is 4.05. The number of primary amides is 1. The van der Waals surface area contributed by atoms with Crippen molar-refractivity contribution < 1.29 is 9.53 Å². The average molecular weight is 399 g/mol. The maximum atomic E-state index is 11.9. The minimum atomic E-state index is -0.521. The van der Waals surface area contributed by atoms with E-state index in [9.17, 15) is 4.79 Å². The van der Waals surface area contributed by atoms with Gasteiger partial charge in [-0.3, -0.25) is 9.78 Å². The van der Waals surface area contributed by atoms with Crippen LogP contribution in [0.1, 0.15) is 24.2 Å². The van der Waals surface area contributed by atoms with Crippen LogP contribution in [0.25, 0.3) is 22.3 Å². The molecule has 0 fully saturated rings. The highest BCUT2D eigenvalue weighted by Gasteiger charge is 2.14. The molecule has 2 heterocycles. The number of pyridine rings is 1. The van der Waals surface area contributed by atoms with Crippen molar-refractivity contribution in [3.8, 4) is 17.1 Å². The first-order valence-electron chi connectivity index (χ1n) is 9.56. The van der Waals surface area contributed by atoms with Crippen LogP contribution in [0.4, 0.5) is 11.5 Å². The minimum absolute atomic E-state index is 0.0324. The number of nitrogens with one attached hydrogen (secondary N) is 1. The monoisotopic (exact) mass is 399 g/mol. The number of amides is 1. The maximum absolute atomic E-state index is 11.9. The topological polar surface area (TPSA) is 103 Å². The second-order valence-electron chi connectivity index (χ2n) is 7.02. The standard InChI is InChI=1S/C23H21N5O2/c1-14(2)30-16-9-10-20-18(12-16)23(27-19-8-4-3-7-17(19)21(24)29)28-22(26-20)15-6-5-11-25-13-15/h3-14H,1-2H3,(H2,24,29)(H,26,27,28). The van der Waals surface area contributed by atoms with Crippen molar-refractivity contribution >= 4 is 28.3 Å². The lowest BCUT2D eigenvalue weighted by Crippen LogP contribution is -2.13. The van der Waals surface area contributed by atoms with Gasteiger partial charge in [0.25, 0.3) is 5.91 Å². The first-order chi connectivity index (χ1) is 14.5. The SMILES string of the molecule is CC(C)Oc1ccc2nc(-c3cccnc3)nc(Nc3ccccc3C(N)=O)c2c1. The number of hydrogen-bond acceptors (Lipinski definition) is 6. The highest BCUT2D eigenvalue weighted by molar-refractivity contribution is 6.01. The molecule has 1 amide bonds. The number of para-hydroxylation sites is 1. The van der Waals surface area contributed by atoms with Crippen LogP contribution >= 0.6 is 0 Å². The number of anilines is 2. The van der Waals surface area contributed by atoms with E-state index < -0.39 is 5.91 Å². The highest BCUT2D eigenvalue weighted by atomic mass is 16.5. The fourth-order valence-electron chi connectivity index (χ4n) is 3.11. The van der Waals surface area contributed by atoms with Crippen molar-refractivity contribution in [1.29, 1.82) is 0 Å². The lowest BCUT2D eigenvalue weighted by Gasteiger charge is -2.15. The van der Waals surface area contributed by atoms with Gasteiger partial charge in [-0.25, -0.2) is 9.97 Å². The van der Waals surface area contributed by atoms with E-state index >= 15 is 0 Å². The van der Waals surface area contributed by atoms with E-state index in [0.29, 0.717) is 28.6 Å². The van der Waals surface area contributed by atoms with Crippen LogP contribution in [0.3, 0.4) is 0 Å². The van der Waals surface area contributed by atoms with Gasteiger partial charge in [0.2, 0.25) is 0 Å². The van der Waals surface area contributed by atoms with Crippen LogP contribution in [0.5, 0.6) is 5.75 Å². The molecule has 0 atom stereocenters. The zero-order valence-corrected chi connectivity index (χ0v) is 16.7. The molecular formula is C23H21N5O2. The van der Waals surface area contributed by atoms with Gasteiger partial charge < -0.3 is 15.8 Å². The molecule has 2 aromatic carbocycles. The third-order valence-electron chi connectivity index (χ3n) is 4.40. The number of fused-ring (bicyclic) bond motifs is 1. The fourth-order valence-corrected chi connectivity index (χ4v) is 3.11. The summed E-state index contributed by atoms with van der Waals surface area (Å²) >= 11 is 0. The van der Waals surface area contributed by atoms with Gasteiger partial charge in [0.15, 0.2) is 5.82 Å². The van der Waals surface area contributed by atoms with Crippen molar-refractivity contribution in [3.05, 3.63) is 72.6 Å². The second kappa shape index (κ2) is 8.16. The summed E-state index contributed by atoms with van der Waals surface area (Å²) in [5, 5.41) is 4.02. The predicted molar refractivity (Wildman–Crippen MR) is 117 cm³/mol. The van der Waals surface area contributed by atoms with E-state index in [1.807, 2.05) is 50.2 Å². The Morgan fingerprint density at radius 3 is 2.63 bits per heavy atom. The lowest BCUT2D eigenvalue weighted by atomic mass is 10.1. The molecule has 4 rings (SSSR count). The highest BCUT2D eigenvalue weighted by Crippen LogP contribution is 2.31. The number of nitrogens with zero attached hydrogens (tertiary/aromatic N) is 3. The molecule has 3 N–H and O–H groups in total. The Morgan fingerprint density at radius 1 is 1.07 bits per heavy atom. The second-order valence-corrected chi connectivity index (χ2v) is 7.02. The van der Waals surface area contributed by atoms with Crippen LogP contribution in [0, 0.1) is 0 Å². The van der Waals surface area contributed by atoms with E-state index in [2.05, 4.69) is 15.3 Å². The van der Waals surface area contributed by atoms with Crippen molar-refractivity contribution in [2.24, 2.45) is 5.73 Å². The quantitative estimate of drug-likeness (QED) is 0.500. The molecule has 0 spiro atoms. The molecule has 0 aliphatic heterocycles. The maximum Gasteiger partial charge on any atom is 0.250 e. The molecule has 0 bridgehead atoms. The molecule has 2 aromatic heterocycles. The molecule has 0 unspecified atom stereocenters. The molecule has 0 saturated carbocycles. The first kappa shape index (κ1) is 19.3. The summed E-state index contributed by atoms with van der Waals surface area (Å²) in [7, 11) is 0. The number of carbonyl (C=O) groups excluding carboxylic acids is 1. The number of carbonyl (C=O) groups is 1. The normalized spacial score (nSPS) is 10.9. The van der Waals surface area contributed by atoms with Gasteiger partial charge in [-0.2, -0.15) is 0 Å². The van der Waals surface area contributed by atoms with Crippen LogP contribution < -0.4 is 15.8 Å². The molecule has 7 nitrogen and oxygen atoms in total. The Balaban J connectivity index is 1.89. The smallest absolute Gasteiger partial charge is 0.250 e. The summed E-state index contributed by atoms with van der Waals surface area (Å²) in [6.45, 7) is 3.93. The van der Waals surface area contributed by atoms with Crippen molar-refractivity contribution in [1.82, 2.24) is 15.0 Å². The van der Waals surface area contributed by atoms with Crippen LogP contribution in [0.15, 0.2) is 67.0 Å². The third-order valence-corrected chi connectivity index (χ3v) is 4.40. The van der Waals surface area contributed by atoms with E-state index in [-0.39, 0.29) is 6.10 Å². The zero-order chi connectivity index (χ0) is 21.1. The molecule has 0 aliphatic carbocycles. The number of ether oxygens (including phenoxy) is 1. The summed E-state index contributed by atoms with van der Waals surface area (Å²) < 4.78 is 5.84. The van der Waals surface area contributed by atoms with Gasteiger partial charge in [0, 0.05) is 23.3 Å². The Labute approximate surface area is 174 Å². The summed E-state index contributed by atoms with van der Waals surface area (Å²) in [5.41, 5.74) is 8.00. The van der Waals surface area contributed by atoms with Gasteiger partial charge in [0.05, 0.1) is 22.9 Å². The fraction of sp³-hybridized carbons (Fsp3) is 0.130. The largest absolute Gasteiger partial charge is 0.491 e. The van der Waals surface area contributed by atoms with Gasteiger partial charge in [-0.05, 0) is 56.3 Å². The molecule has 30 heavy (non-hydrogen) atoms. The lowest BCUT2D eigenvalue weighted by molar-refractivity contribution is 0.100. The van der Waals surface area contributed by atoms with Crippen LogP contribution in [-0.2, 0) is 0 Å². The zero-order valence-electron chi connectivity index (χ0n) is 16.7. The minimum Gasteiger partial charge on any atom is -0.491 e. The van der Waals surface area contributed by atoms with Gasteiger partial charge in [-0.1, -0.05) is 12.1 Å². The molecule has 4 aromatic rings. The van der Waals surface area contributed by atoms with E-state index in [4.69, 9.17) is 15.5 Å².